The Labute approximate surface area is 38.3 Å². The fourth-order valence-electron chi connectivity index (χ4n) is 0.445. The first kappa shape index (κ1) is 3.85. The molecule has 0 amide bonds. The lowest BCUT2D eigenvalue weighted by atomic mass is 10.2. The van der Waals surface area contributed by atoms with Crippen LogP contribution in [0.2, 0.25) is 0 Å². The summed E-state index contributed by atoms with van der Waals surface area (Å²) in [5.74, 6) is 0. The smallest absolute Gasteiger partial charge is 0.222 e. The van der Waals surface area contributed by atoms with Crippen molar-refractivity contribution in [3.8, 4) is 0 Å². The van der Waals surface area contributed by atoms with Crippen molar-refractivity contribution in [2.24, 2.45) is 0 Å². The van der Waals surface area contributed by atoms with Crippen LogP contribution in [0.4, 0.5) is 0 Å². The molecule has 0 saturated carbocycles. The van der Waals surface area contributed by atoms with E-state index in [4.69, 9.17) is 0 Å². The molecule has 0 aromatic carbocycles. The van der Waals surface area contributed by atoms with Crippen LogP contribution in [0, 0.1) is 0 Å². The zero-order valence-electron chi connectivity index (χ0n) is 4.52. The highest BCUT2D eigenvalue weighted by atomic mass is 15.2. The van der Waals surface area contributed by atoms with Gasteiger partial charge in [0, 0.05) is 13.8 Å². The van der Waals surface area contributed by atoms with Crippen LogP contribution in [-0.4, -0.2) is 23.4 Å². The molecule has 0 aliphatic carbocycles. The van der Waals surface area contributed by atoms with Gasteiger partial charge in [0.2, 0.25) is 11.8 Å². The molecule has 0 radical (unpaired) electrons. The Morgan fingerprint density at radius 1 is 1.50 bits per heavy atom. The second-order valence-corrected chi connectivity index (χ2v) is 2.39. The van der Waals surface area contributed by atoms with Gasteiger partial charge in [-0.25, -0.2) is 4.58 Å². The quantitative estimate of drug-likeness (QED) is 0.376. The molecule has 0 spiro atoms. The summed E-state index contributed by atoms with van der Waals surface area (Å²) in [5.41, 5.74) is 0.417. The highest BCUT2D eigenvalue weighted by Gasteiger charge is 2.41. The van der Waals surface area contributed by atoms with Crippen molar-refractivity contribution < 1.29 is 4.58 Å². The van der Waals surface area contributed by atoms with E-state index < -0.39 is 0 Å². The van der Waals surface area contributed by atoms with Crippen molar-refractivity contribution in [3.05, 3.63) is 0 Å². The van der Waals surface area contributed by atoms with Gasteiger partial charge in [-0.1, -0.05) is 0 Å². The molecule has 0 aromatic heterocycles. The maximum absolute atomic E-state index is 2.19. The molecule has 6 heavy (non-hydrogen) atoms. The van der Waals surface area contributed by atoms with Gasteiger partial charge in [0.25, 0.3) is 0 Å². The highest BCUT2D eigenvalue weighted by Crippen LogP contribution is 2.13. The average molecular weight is 84.1 g/mol. The van der Waals surface area contributed by atoms with Gasteiger partial charge in [-0.3, -0.25) is 0 Å². The lowest BCUT2D eigenvalue weighted by molar-refractivity contribution is -0.465. The van der Waals surface area contributed by atoms with Crippen molar-refractivity contribution in [3.63, 3.8) is 0 Å². The van der Waals surface area contributed by atoms with Gasteiger partial charge in [-0.2, -0.15) is 0 Å². The molecule has 1 heteroatoms. The molecule has 34 valence electrons. The molecule has 0 N–H and O–H groups in total. The number of rotatable bonds is 0. The third kappa shape index (κ3) is 0.348. The van der Waals surface area contributed by atoms with Crippen LogP contribution >= 0.6 is 0 Å². The van der Waals surface area contributed by atoms with E-state index in [1.54, 1.807) is 0 Å². The van der Waals surface area contributed by atoms with Crippen molar-refractivity contribution in [1.82, 2.24) is 0 Å². The van der Waals surface area contributed by atoms with Crippen molar-refractivity contribution in [1.29, 1.82) is 0 Å². The summed E-state index contributed by atoms with van der Waals surface area (Å²) in [6, 6.07) is 0. The zero-order valence-corrected chi connectivity index (χ0v) is 4.52. The number of nitrogens with zero attached hydrogens (tertiary/aromatic N) is 1. The summed E-state index contributed by atoms with van der Waals surface area (Å²) in [4.78, 5) is 0. The van der Waals surface area contributed by atoms with Crippen LogP contribution in [0.1, 0.15) is 13.8 Å². The Hall–Kier alpha value is -0.330. The molecular weight excluding hydrogens is 74.1 g/mol. The third-order valence-electron chi connectivity index (χ3n) is 1.35. The largest absolute Gasteiger partial charge is 0.231 e. The van der Waals surface area contributed by atoms with Crippen molar-refractivity contribution in [2.45, 2.75) is 19.4 Å². The molecule has 0 aromatic rings. The fourth-order valence-corrected chi connectivity index (χ4v) is 0.445. The van der Waals surface area contributed by atoms with Gasteiger partial charge < -0.3 is 0 Å². The first-order valence-corrected chi connectivity index (χ1v) is 2.22. The normalized spacial score (nSPS) is 26.2. The van der Waals surface area contributed by atoms with E-state index in [2.05, 4.69) is 31.7 Å². The minimum Gasteiger partial charge on any atom is -0.222 e. The summed E-state index contributed by atoms with van der Waals surface area (Å²) in [6.07, 6.45) is 2.19. The monoisotopic (exact) mass is 84.1 g/mol. The summed E-state index contributed by atoms with van der Waals surface area (Å²) in [7, 11) is 2.08. The Bertz CT molecular complexity index is 101. The second kappa shape index (κ2) is 0.673. The second-order valence-electron chi connectivity index (χ2n) is 2.39. The number of hydrogen-bond donors (Lipinski definition) is 0. The minimum absolute atomic E-state index is 0.417. The van der Waals surface area contributed by atoms with Crippen LogP contribution in [0.25, 0.3) is 0 Å². The van der Waals surface area contributed by atoms with E-state index in [-0.39, 0.29) is 0 Å². The Morgan fingerprint density at radius 3 is 1.67 bits per heavy atom. The Balaban J connectivity index is 2.53. The summed E-state index contributed by atoms with van der Waals surface area (Å²) >= 11 is 0. The van der Waals surface area contributed by atoms with Crippen LogP contribution < -0.4 is 0 Å². The van der Waals surface area contributed by atoms with Crippen LogP contribution in [0.3, 0.4) is 0 Å². The Morgan fingerprint density at radius 2 is 1.67 bits per heavy atom. The average Bonchev–Trinajstić information content (AvgIpc) is 1.73. The molecular formula is C5H10N+. The van der Waals surface area contributed by atoms with Crippen molar-refractivity contribution >= 4 is 6.21 Å². The molecule has 0 bridgehead atoms. The molecule has 1 aliphatic heterocycles. The maximum atomic E-state index is 2.19. The predicted octanol–water partition coefficient (Wildman–Crippen LogP) is 0.492. The van der Waals surface area contributed by atoms with Gasteiger partial charge >= 0.3 is 0 Å². The SMILES string of the molecule is C[N+]1=CC1(C)C. The first-order valence-electron chi connectivity index (χ1n) is 2.22. The first-order chi connectivity index (χ1) is 2.63. The van der Waals surface area contributed by atoms with Gasteiger partial charge in [0.1, 0.15) is 7.05 Å². The van der Waals surface area contributed by atoms with Gasteiger partial charge in [0.15, 0.2) is 0 Å². The van der Waals surface area contributed by atoms with E-state index in [9.17, 15) is 0 Å². The van der Waals surface area contributed by atoms with Crippen LogP contribution in [0.5, 0.6) is 0 Å². The molecule has 0 atom stereocenters. The summed E-state index contributed by atoms with van der Waals surface area (Å²) in [6.45, 7) is 4.38. The van der Waals surface area contributed by atoms with E-state index in [0.29, 0.717) is 5.54 Å². The summed E-state index contributed by atoms with van der Waals surface area (Å²) < 4.78 is 2.19. The number of hydrogen-bond acceptors (Lipinski definition) is 0. The molecule has 1 nitrogen and oxygen atoms in total. The lowest BCUT2D eigenvalue weighted by Gasteiger charge is -1.84. The Kier molecular flexibility index (Phi) is 0.431. The maximum Gasteiger partial charge on any atom is 0.231 e. The highest BCUT2D eigenvalue weighted by molar-refractivity contribution is 5.71. The van der Waals surface area contributed by atoms with E-state index in [0.717, 1.165) is 0 Å². The van der Waals surface area contributed by atoms with E-state index in [1.807, 2.05) is 0 Å². The molecule has 1 rings (SSSR count). The molecule has 0 saturated heterocycles. The topological polar surface area (TPSA) is 3.01 Å². The van der Waals surface area contributed by atoms with Gasteiger partial charge in [-0.05, 0) is 0 Å². The molecule has 1 aliphatic rings. The van der Waals surface area contributed by atoms with E-state index >= 15 is 0 Å². The third-order valence-corrected chi connectivity index (χ3v) is 1.35. The van der Waals surface area contributed by atoms with E-state index in [1.165, 1.54) is 0 Å². The molecule has 0 unspecified atom stereocenters. The van der Waals surface area contributed by atoms with Gasteiger partial charge in [0.05, 0.1) is 0 Å². The van der Waals surface area contributed by atoms with Crippen LogP contribution in [-0.2, 0) is 0 Å². The molecule has 1 heterocycles. The van der Waals surface area contributed by atoms with Gasteiger partial charge in [-0.15, -0.1) is 0 Å². The predicted molar refractivity (Wildman–Crippen MR) is 26.3 cm³/mol. The van der Waals surface area contributed by atoms with Crippen LogP contribution in [0.15, 0.2) is 0 Å². The fraction of sp³-hybridized carbons (Fsp3) is 0.800. The summed E-state index contributed by atoms with van der Waals surface area (Å²) in [5, 5.41) is 0. The zero-order chi connectivity index (χ0) is 4.78. The lowest BCUT2D eigenvalue weighted by Crippen LogP contribution is -2.07. The molecule has 0 fully saturated rings. The van der Waals surface area contributed by atoms with Crippen molar-refractivity contribution in [2.75, 3.05) is 7.05 Å². The minimum atomic E-state index is 0.417. The standard InChI is InChI=1S/C5H10N/c1-5(2)4-6(5)3/h4H,1-3H3/q+1.